The van der Waals surface area contributed by atoms with Crippen LogP contribution in [0, 0.1) is 5.92 Å². The minimum absolute atomic E-state index is 0.0985. The Balaban J connectivity index is 2.16. The highest BCUT2D eigenvalue weighted by Crippen LogP contribution is 2.37. The van der Waals surface area contributed by atoms with Gasteiger partial charge in [-0.2, -0.15) is 0 Å². The standard InChI is InChI=1S/C27H43N3O4/c1-3-4-5-10-23(31)14-13-20-16-22(17-21(19-33-2)9-8-15-30-27(28)29)26(32)25(18-20)34-24-11-6-7-12-24/h5,10,16,18,21,24,32H,3-4,6-9,11-15,17,19H2,1-2H3,(H4,28,29,30). The van der Waals surface area contributed by atoms with Gasteiger partial charge in [0, 0.05) is 26.7 Å². The summed E-state index contributed by atoms with van der Waals surface area (Å²) in [7, 11) is 1.69. The molecule has 1 aromatic carbocycles. The Kier molecular flexibility index (Phi) is 12.5. The molecule has 7 heteroatoms. The summed E-state index contributed by atoms with van der Waals surface area (Å²) in [5, 5.41) is 11.1. The summed E-state index contributed by atoms with van der Waals surface area (Å²) in [6, 6.07) is 3.92. The van der Waals surface area contributed by atoms with Crippen LogP contribution in [-0.2, 0) is 22.4 Å². The molecule has 0 spiro atoms. The van der Waals surface area contributed by atoms with E-state index < -0.39 is 0 Å². The van der Waals surface area contributed by atoms with Gasteiger partial charge in [-0.05, 0) is 87.0 Å². The van der Waals surface area contributed by atoms with E-state index in [1.165, 1.54) is 0 Å². The molecule has 1 aromatic rings. The van der Waals surface area contributed by atoms with Crippen molar-refractivity contribution in [2.24, 2.45) is 22.4 Å². The maximum absolute atomic E-state index is 12.3. The molecule has 7 nitrogen and oxygen atoms in total. The van der Waals surface area contributed by atoms with Crippen molar-refractivity contribution in [3.8, 4) is 11.5 Å². The van der Waals surface area contributed by atoms with Crippen LogP contribution in [0.25, 0.3) is 0 Å². The quantitative estimate of drug-likeness (QED) is 0.141. The molecule has 1 saturated carbocycles. The number of carbonyl (C=O) groups excluding carboxylic acids is 1. The third-order valence-corrected chi connectivity index (χ3v) is 6.20. The van der Waals surface area contributed by atoms with E-state index in [0.717, 1.165) is 62.5 Å². The second-order valence-corrected chi connectivity index (χ2v) is 9.26. The summed E-state index contributed by atoms with van der Waals surface area (Å²) in [4.78, 5) is 16.3. The molecule has 0 radical (unpaired) electrons. The number of benzene rings is 1. The van der Waals surface area contributed by atoms with E-state index in [0.29, 0.717) is 38.2 Å². The minimum atomic E-state index is 0.0985. The number of phenols is 1. The Bertz CT molecular complexity index is 812. The van der Waals surface area contributed by atoms with Crippen molar-refractivity contribution in [1.29, 1.82) is 0 Å². The van der Waals surface area contributed by atoms with Crippen LogP contribution in [0.5, 0.6) is 11.5 Å². The lowest BCUT2D eigenvalue weighted by Crippen LogP contribution is -2.23. The van der Waals surface area contributed by atoms with Crippen molar-refractivity contribution < 1.29 is 19.4 Å². The van der Waals surface area contributed by atoms with Gasteiger partial charge in [-0.3, -0.25) is 9.79 Å². The summed E-state index contributed by atoms with van der Waals surface area (Å²) in [5.74, 6) is 1.17. The first-order valence-electron chi connectivity index (χ1n) is 12.7. The van der Waals surface area contributed by atoms with Crippen LogP contribution < -0.4 is 16.2 Å². The molecule has 5 N–H and O–H groups in total. The molecule has 0 bridgehead atoms. The van der Waals surface area contributed by atoms with Gasteiger partial charge in [0.2, 0.25) is 0 Å². The molecule has 0 saturated heterocycles. The number of aromatic hydroxyl groups is 1. The van der Waals surface area contributed by atoms with Crippen molar-refractivity contribution in [3.05, 3.63) is 35.4 Å². The lowest BCUT2D eigenvalue weighted by molar-refractivity contribution is -0.114. The van der Waals surface area contributed by atoms with Crippen LogP contribution in [0.1, 0.15) is 75.8 Å². The van der Waals surface area contributed by atoms with Gasteiger partial charge in [0.05, 0.1) is 6.10 Å². The third-order valence-electron chi connectivity index (χ3n) is 6.20. The van der Waals surface area contributed by atoms with Gasteiger partial charge in [0.15, 0.2) is 23.2 Å². The smallest absolute Gasteiger partial charge is 0.185 e. The fraction of sp³-hybridized carbons (Fsp3) is 0.630. The second kappa shape index (κ2) is 15.4. The number of rotatable bonds is 16. The SMILES string of the molecule is CCCC=CC(=O)CCc1cc(CC(CCCN=C(N)N)COC)c(O)c(OC2CCCC2)c1. The van der Waals surface area contributed by atoms with E-state index in [9.17, 15) is 9.90 Å². The van der Waals surface area contributed by atoms with Gasteiger partial charge >= 0.3 is 0 Å². The first kappa shape index (κ1) is 27.7. The number of carbonyl (C=O) groups is 1. The van der Waals surface area contributed by atoms with Crippen LogP contribution in [0.3, 0.4) is 0 Å². The molecular formula is C27H43N3O4. The lowest BCUT2D eigenvalue weighted by Gasteiger charge is -2.21. The Morgan fingerprint density at radius 3 is 2.74 bits per heavy atom. The van der Waals surface area contributed by atoms with Crippen molar-refractivity contribution in [2.45, 2.75) is 83.7 Å². The molecule has 34 heavy (non-hydrogen) atoms. The number of hydrogen-bond donors (Lipinski definition) is 3. The van der Waals surface area contributed by atoms with E-state index in [4.69, 9.17) is 20.9 Å². The number of unbranched alkanes of at least 4 members (excludes halogenated alkanes) is 1. The number of aliphatic imine (C=N–C) groups is 1. The summed E-state index contributed by atoms with van der Waals surface area (Å²) in [6.07, 6.45) is 13.4. The Hall–Kier alpha value is -2.54. The van der Waals surface area contributed by atoms with Gasteiger partial charge in [-0.15, -0.1) is 0 Å². The first-order valence-corrected chi connectivity index (χ1v) is 12.7. The molecular weight excluding hydrogens is 430 g/mol. The number of nitrogens with two attached hydrogens (primary N) is 2. The van der Waals surface area contributed by atoms with Crippen LogP contribution >= 0.6 is 0 Å². The van der Waals surface area contributed by atoms with Gasteiger partial charge in [0.1, 0.15) is 0 Å². The molecule has 1 fully saturated rings. The number of allylic oxidation sites excluding steroid dienone is 2. The monoisotopic (exact) mass is 473 g/mol. The third kappa shape index (κ3) is 10.2. The zero-order chi connectivity index (χ0) is 24.8. The topological polar surface area (TPSA) is 120 Å². The van der Waals surface area contributed by atoms with E-state index in [2.05, 4.69) is 11.9 Å². The number of guanidine groups is 1. The van der Waals surface area contributed by atoms with Crippen molar-refractivity contribution in [3.63, 3.8) is 0 Å². The number of ketones is 1. The van der Waals surface area contributed by atoms with Crippen LogP contribution in [0.4, 0.5) is 0 Å². The van der Waals surface area contributed by atoms with Crippen molar-refractivity contribution in [1.82, 2.24) is 0 Å². The number of nitrogens with zero attached hydrogens (tertiary/aromatic N) is 1. The molecule has 190 valence electrons. The van der Waals surface area contributed by atoms with Gasteiger partial charge in [-0.1, -0.05) is 25.5 Å². The van der Waals surface area contributed by atoms with Crippen LogP contribution in [0.2, 0.25) is 0 Å². The number of methoxy groups -OCH3 is 1. The van der Waals surface area contributed by atoms with E-state index in [1.54, 1.807) is 13.2 Å². The molecule has 2 rings (SSSR count). The summed E-state index contributed by atoms with van der Waals surface area (Å²) < 4.78 is 11.7. The van der Waals surface area contributed by atoms with Gasteiger partial charge < -0.3 is 26.0 Å². The van der Waals surface area contributed by atoms with Crippen molar-refractivity contribution in [2.75, 3.05) is 20.3 Å². The maximum atomic E-state index is 12.3. The molecule has 0 aliphatic heterocycles. The van der Waals surface area contributed by atoms with Gasteiger partial charge in [0.25, 0.3) is 0 Å². The number of ether oxygens (including phenoxy) is 2. The van der Waals surface area contributed by atoms with Crippen LogP contribution in [0.15, 0.2) is 29.3 Å². The number of aryl methyl sites for hydroxylation is 1. The number of phenolic OH excluding ortho intramolecular Hbond substituents is 1. The Morgan fingerprint density at radius 1 is 1.29 bits per heavy atom. The molecule has 0 amide bonds. The van der Waals surface area contributed by atoms with Crippen LogP contribution in [-0.4, -0.2) is 43.2 Å². The Morgan fingerprint density at radius 2 is 2.06 bits per heavy atom. The predicted molar refractivity (Wildman–Crippen MR) is 137 cm³/mol. The zero-order valence-corrected chi connectivity index (χ0v) is 20.9. The van der Waals surface area contributed by atoms with Gasteiger partial charge in [-0.25, -0.2) is 0 Å². The summed E-state index contributed by atoms with van der Waals surface area (Å²) in [6.45, 7) is 3.24. The first-order chi connectivity index (χ1) is 16.4. The molecule has 0 heterocycles. The minimum Gasteiger partial charge on any atom is -0.504 e. The fourth-order valence-electron chi connectivity index (χ4n) is 4.42. The fourth-order valence-corrected chi connectivity index (χ4v) is 4.42. The average molecular weight is 474 g/mol. The molecule has 1 aliphatic carbocycles. The molecule has 1 aliphatic rings. The van der Waals surface area contributed by atoms with E-state index in [-0.39, 0.29) is 29.5 Å². The maximum Gasteiger partial charge on any atom is 0.185 e. The zero-order valence-electron chi connectivity index (χ0n) is 20.9. The molecule has 0 aromatic heterocycles. The molecule has 1 unspecified atom stereocenters. The Labute approximate surface area is 204 Å². The highest BCUT2D eigenvalue weighted by atomic mass is 16.5. The molecule has 1 atom stereocenters. The largest absolute Gasteiger partial charge is 0.504 e. The predicted octanol–water partition coefficient (Wildman–Crippen LogP) is 4.43. The average Bonchev–Trinajstić information content (AvgIpc) is 3.31. The summed E-state index contributed by atoms with van der Waals surface area (Å²) >= 11 is 0. The van der Waals surface area contributed by atoms with Crippen molar-refractivity contribution >= 4 is 11.7 Å². The number of hydrogen-bond acceptors (Lipinski definition) is 5. The highest BCUT2D eigenvalue weighted by Gasteiger charge is 2.21. The second-order valence-electron chi connectivity index (χ2n) is 9.26. The summed E-state index contributed by atoms with van der Waals surface area (Å²) in [5.41, 5.74) is 12.7. The van der Waals surface area contributed by atoms with E-state index in [1.807, 2.05) is 18.2 Å². The highest BCUT2D eigenvalue weighted by molar-refractivity contribution is 5.89. The normalized spacial score (nSPS) is 15.0. The van der Waals surface area contributed by atoms with E-state index >= 15 is 0 Å². The lowest BCUT2D eigenvalue weighted by atomic mass is 9.92.